The maximum absolute atomic E-state index is 13.5. The van der Waals surface area contributed by atoms with Gasteiger partial charge in [-0.15, -0.1) is 0 Å². The van der Waals surface area contributed by atoms with Crippen LogP contribution in [0.15, 0.2) is 52.9 Å². The summed E-state index contributed by atoms with van der Waals surface area (Å²) in [7, 11) is 0. The molecule has 2 aromatic carbocycles. The standard InChI is InChI=1S/C24H24F3NO4/c1-3-30-22(29)12-10-17-9-11-19(15-20(17)24(25,26)27)31-14-13-21-16(2)32-23(28-21)18-7-5-4-6-8-18/h4-9,11,15H,3,10,12-14H2,1-2H3. The Bertz CT molecular complexity index is 1050. The lowest BCUT2D eigenvalue weighted by Crippen LogP contribution is -2.12. The molecule has 0 N–H and O–H groups in total. The summed E-state index contributed by atoms with van der Waals surface area (Å²) in [5.41, 5.74) is 0.739. The van der Waals surface area contributed by atoms with E-state index in [2.05, 4.69) is 4.98 Å². The summed E-state index contributed by atoms with van der Waals surface area (Å²) in [5, 5.41) is 0. The number of ether oxygens (including phenoxy) is 2. The number of carbonyl (C=O) groups excluding carboxylic acids is 1. The van der Waals surface area contributed by atoms with E-state index in [4.69, 9.17) is 13.9 Å². The highest BCUT2D eigenvalue weighted by Gasteiger charge is 2.33. The minimum atomic E-state index is -4.56. The van der Waals surface area contributed by atoms with Crippen LogP contribution in [-0.2, 0) is 28.5 Å². The molecule has 1 heterocycles. The first-order chi connectivity index (χ1) is 15.3. The van der Waals surface area contributed by atoms with E-state index in [1.807, 2.05) is 30.3 Å². The largest absolute Gasteiger partial charge is 0.493 e. The molecule has 0 bridgehead atoms. The van der Waals surface area contributed by atoms with Gasteiger partial charge in [0.1, 0.15) is 11.5 Å². The van der Waals surface area contributed by atoms with E-state index >= 15 is 0 Å². The predicted molar refractivity (Wildman–Crippen MR) is 112 cm³/mol. The molecule has 1 aromatic heterocycles. The van der Waals surface area contributed by atoms with Gasteiger partial charge in [0.2, 0.25) is 5.89 Å². The number of aromatic nitrogens is 1. The van der Waals surface area contributed by atoms with Gasteiger partial charge in [-0.3, -0.25) is 4.79 Å². The number of hydrogen-bond donors (Lipinski definition) is 0. The molecule has 0 amide bonds. The van der Waals surface area contributed by atoms with Crippen molar-refractivity contribution in [2.45, 2.75) is 39.3 Å². The molecule has 0 spiro atoms. The molecule has 0 saturated heterocycles. The van der Waals surface area contributed by atoms with E-state index in [1.54, 1.807) is 13.8 Å². The Morgan fingerprint density at radius 2 is 1.84 bits per heavy atom. The zero-order valence-electron chi connectivity index (χ0n) is 17.9. The summed E-state index contributed by atoms with van der Waals surface area (Å²) >= 11 is 0. The van der Waals surface area contributed by atoms with Gasteiger partial charge >= 0.3 is 12.1 Å². The molecule has 0 radical (unpaired) electrons. The van der Waals surface area contributed by atoms with Crippen LogP contribution in [-0.4, -0.2) is 24.2 Å². The zero-order chi connectivity index (χ0) is 23.1. The highest BCUT2D eigenvalue weighted by molar-refractivity contribution is 5.69. The van der Waals surface area contributed by atoms with Crippen LogP contribution in [0.4, 0.5) is 13.2 Å². The van der Waals surface area contributed by atoms with Gasteiger partial charge in [-0.05, 0) is 50.1 Å². The summed E-state index contributed by atoms with van der Waals surface area (Å²) in [4.78, 5) is 16.0. The highest BCUT2D eigenvalue weighted by Crippen LogP contribution is 2.35. The van der Waals surface area contributed by atoms with Crippen LogP contribution in [0.1, 0.15) is 35.9 Å². The maximum atomic E-state index is 13.5. The lowest BCUT2D eigenvalue weighted by atomic mass is 10.0. The zero-order valence-corrected chi connectivity index (χ0v) is 17.9. The van der Waals surface area contributed by atoms with Crippen molar-refractivity contribution in [3.63, 3.8) is 0 Å². The van der Waals surface area contributed by atoms with E-state index in [0.717, 1.165) is 11.6 Å². The number of carbonyl (C=O) groups is 1. The van der Waals surface area contributed by atoms with E-state index in [9.17, 15) is 18.0 Å². The normalized spacial score (nSPS) is 11.4. The number of benzene rings is 2. The van der Waals surface area contributed by atoms with Gasteiger partial charge in [0.25, 0.3) is 0 Å². The van der Waals surface area contributed by atoms with Crippen LogP contribution < -0.4 is 4.74 Å². The summed E-state index contributed by atoms with van der Waals surface area (Å²) in [5.74, 6) is 0.696. The molecule has 0 saturated carbocycles. The Labute approximate surface area is 184 Å². The number of esters is 1. The van der Waals surface area contributed by atoms with Crippen molar-refractivity contribution in [1.29, 1.82) is 0 Å². The summed E-state index contributed by atoms with van der Waals surface area (Å²) in [6.07, 6.45) is -4.36. The quantitative estimate of drug-likeness (QED) is 0.389. The Morgan fingerprint density at radius 3 is 2.53 bits per heavy atom. The molecule has 0 aliphatic rings. The fraction of sp³-hybridized carbons (Fsp3) is 0.333. The fourth-order valence-corrected chi connectivity index (χ4v) is 3.23. The lowest BCUT2D eigenvalue weighted by molar-refractivity contribution is -0.144. The van der Waals surface area contributed by atoms with Crippen molar-refractivity contribution in [2.24, 2.45) is 0 Å². The first kappa shape index (κ1) is 23.4. The molecule has 3 aromatic rings. The van der Waals surface area contributed by atoms with Gasteiger partial charge in [0.05, 0.1) is 24.5 Å². The van der Waals surface area contributed by atoms with Crippen LogP contribution in [0, 0.1) is 6.92 Å². The van der Waals surface area contributed by atoms with Gasteiger partial charge in [0, 0.05) is 18.4 Å². The van der Waals surface area contributed by atoms with E-state index < -0.39 is 17.7 Å². The average molecular weight is 447 g/mol. The fourth-order valence-electron chi connectivity index (χ4n) is 3.23. The molecular weight excluding hydrogens is 423 g/mol. The summed E-state index contributed by atoms with van der Waals surface area (Å²) in [6, 6.07) is 13.2. The third-order valence-corrected chi connectivity index (χ3v) is 4.81. The highest BCUT2D eigenvalue weighted by atomic mass is 19.4. The molecule has 3 rings (SSSR count). The molecule has 0 fully saturated rings. The van der Waals surface area contributed by atoms with Crippen molar-refractivity contribution in [3.05, 3.63) is 71.1 Å². The van der Waals surface area contributed by atoms with Crippen molar-refractivity contribution in [3.8, 4) is 17.2 Å². The van der Waals surface area contributed by atoms with Crippen molar-refractivity contribution in [1.82, 2.24) is 4.98 Å². The van der Waals surface area contributed by atoms with Gasteiger partial charge in [-0.1, -0.05) is 24.3 Å². The number of hydrogen-bond acceptors (Lipinski definition) is 5. The number of halogens is 3. The van der Waals surface area contributed by atoms with E-state index in [0.29, 0.717) is 23.8 Å². The average Bonchev–Trinajstić information content (AvgIpc) is 3.13. The third kappa shape index (κ3) is 6.12. The molecule has 8 heteroatoms. The van der Waals surface area contributed by atoms with Gasteiger partial charge in [0.15, 0.2) is 0 Å². The molecule has 5 nitrogen and oxygen atoms in total. The summed E-state index contributed by atoms with van der Waals surface area (Å²) in [6.45, 7) is 3.76. The molecule has 0 unspecified atom stereocenters. The van der Waals surface area contributed by atoms with Gasteiger partial charge in [-0.25, -0.2) is 4.98 Å². The Balaban J connectivity index is 1.65. The van der Waals surface area contributed by atoms with Gasteiger partial charge in [-0.2, -0.15) is 13.2 Å². The molecule has 170 valence electrons. The van der Waals surface area contributed by atoms with E-state index in [-0.39, 0.29) is 37.4 Å². The minimum absolute atomic E-state index is 0.0257. The Kier molecular flexibility index (Phi) is 7.56. The number of nitrogens with zero attached hydrogens (tertiary/aromatic N) is 1. The SMILES string of the molecule is CCOC(=O)CCc1ccc(OCCc2nc(-c3ccccc3)oc2C)cc1C(F)(F)F. The molecule has 0 atom stereocenters. The molecular formula is C24H24F3NO4. The van der Waals surface area contributed by atoms with Crippen molar-refractivity contribution >= 4 is 5.97 Å². The molecule has 0 aliphatic carbocycles. The second-order valence-electron chi connectivity index (χ2n) is 7.11. The number of oxazole rings is 1. The number of rotatable bonds is 9. The first-order valence-electron chi connectivity index (χ1n) is 10.3. The third-order valence-electron chi connectivity index (χ3n) is 4.81. The van der Waals surface area contributed by atoms with Crippen molar-refractivity contribution in [2.75, 3.05) is 13.2 Å². The topological polar surface area (TPSA) is 61.6 Å². The van der Waals surface area contributed by atoms with Crippen LogP contribution in [0.25, 0.3) is 11.5 Å². The van der Waals surface area contributed by atoms with Gasteiger partial charge < -0.3 is 13.9 Å². The minimum Gasteiger partial charge on any atom is -0.493 e. The predicted octanol–water partition coefficient (Wildman–Crippen LogP) is 5.79. The van der Waals surface area contributed by atoms with Crippen molar-refractivity contribution < 1.29 is 31.9 Å². The van der Waals surface area contributed by atoms with Crippen LogP contribution in [0.5, 0.6) is 5.75 Å². The van der Waals surface area contributed by atoms with E-state index in [1.165, 1.54) is 12.1 Å². The molecule has 0 aliphatic heterocycles. The van der Waals surface area contributed by atoms with Crippen LogP contribution in [0.2, 0.25) is 0 Å². The number of alkyl halides is 3. The Morgan fingerprint density at radius 1 is 1.09 bits per heavy atom. The lowest BCUT2D eigenvalue weighted by Gasteiger charge is -2.15. The monoisotopic (exact) mass is 447 g/mol. The molecule has 32 heavy (non-hydrogen) atoms. The smallest absolute Gasteiger partial charge is 0.416 e. The van der Waals surface area contributed by atoms with Crippen LogP contribution >= 0.6 is 0 Å². The maximum Gasteiger partial charge on any atom is 0.416 e. The first-order valence-corrected chi connectivity index (χ1v) is 10.3. The Hall–Kier alpha value is -3.29. The summed E-state index contributed by atoms with van der Waals surface area (Å²) < 4.78 is 56.6. The number of aryl methyl sites for hydroxylation is 2. The second kappa shape index (κ2) is 10.3. The second-order valence-corrected chi connectivity index (χ2v) is 7.11. The van der Waals surface area contributed by atoms with Crippen LogP contribution in [0.3, 0.4) is 0 Å².